The van der Waals surface area contributed by atoms with E-state index in [4.69, 9.17) is 9.72 Å². The third-order valence-corrected chi connectivity index (χ3v) is 4.81. The summed E-state index contributed by atoms with van der Waals surface area (Å²) in [5.41, 5.74) is 1.91. The van der Waals surface area contributed by atoms with E-state index < -0.39 is 0 Å². The number of benzene rings is 1. The van der Waals surface area contributed by atoms with Crippen molar-refractivity contribution in [3.05, 3.63) is 52.2 Å². The molecule has 136 valence electrons. The highest BCUT2D eigenvalue weighted by Gasteiger charge is 2.21. The zero-order chi connectivity index (χ0) is 18.1. The van der Waals surface area contributed by atoms with Crippen LogP contribution in [0.25, 0.3) is 11.0 Å². The minimum atomic E-state index is 0.0217. The minimum absolute atomic E-state index is 0.0217. The Morgan fingerprint density at radius 3 is 2.96 bits per heavy atom. The largest absolute Gasteiger partial charge is 0.497 e. The topological polar surface area (TPSA) is 65.2 Å². The number of aromatic nitrogens is 4. The minimum Gasteiger partial charge on any atom is -0.497 e. The highest BCUT2D eigenvalue weighted by atomic mass is 16.5. The second-order valence-corrected chi connectivity index (χ2v) is 6.65. The van der Waals surface area contributed by atoms with Crippen molar-refractivity contribution in [2.24, 2.45) is 0 Å². The summed E-state index contributed by atoms with van der Waals surface area (Å²) < 4.78 is 8.93. The quantitative estimate of drug-likeness (QED) is 0.702. The maximum Gasteiger partial charge on any atom is 0.264 e. The molecule has 0 aliphatic carbocycles. The zero-order valence-electron chi connectivity index (χ0n) is 15.2. The van der Waals surface area contributed by atoms with Crippen LogP contribution in [-0.4, -0.2) is 37.9 Å². The van der Waals surface area contributed by atoms with Crippen LogP contribution in [0.15, 0.2) is 35.3 Å². The molecule has 2 aromatic heterocycles. The average molecular weight is 353 g/mol. The first kappa shape index (κ1) is 16.8. The monoisotopic (exact) mass is 353 g/mol. The molecule has 0 amide bonds. The molecule has 0 N–H and O–H groups in total. The van der Waals surface area contributed by atoms with E-state index in [1.807, 2.05) is 16.8 Å². The first-order valence-electron chi connectivity index (χ1n) is 9.00. The number of hydrogen-bond donors (Lipinski definition) is 0. The van der Waals surface area contributed by atoms with E-state index >= 15 is 0 Å². The lowest BCUT2D eigenvalue weighted by atomic mass is 10.2. The Labute approximate surface area is 151 Å². The highest BCUT2D eigenvalue weighted by Crippen LogP contribution is 2.18. The molecule has 0 saturated carbocycles. The molecule has 0 atom stereocenters. The van der Waals surface area contributed by atoms with Crippen LogP contribution in [0, 0.1) is 0 Å². The first-order valence-corrected chi connectivity index (χ1v) is 9.00. The third kappa shape index (κ3) is 2.99. The number of ether oxygens (including phenoxy) is 1. The van der Waals surface area contributed by atoms with E-state index in [2.05, 4.69) is 29.1 Å². The molecule has 3 heterocycles. The molecule has 0 saturated heterocycles. The van der Waals surface area contributed by atoms with Gasteiger partial charge in [-0.2, -0.15) is 5.10 Å². The lowest BCUT2D eigenvalue weighted by Crippen LogP contribution is -2.39. The molecule has 0 radical (unpaired) electrons. The number of nitrogens with zero attached hydrogens (tertiary/aromatic N) is 5. The fourth-order valence-electron chi connectivity index (χ4n) is 3.50. The standard InChI is InChI=1S/C19H23N5O2/c1-3-7-24-18-16(11-20-24)19(25)23-9-8-22(13-17(23)21-18)12-14-5-4-6-15(10-14)26-2/h4-6,10-11H,3,7-9,12-13H2,1-2H3. The van der Waals surface area contributed by atoms with Crippen molar-refractivity contribution in [3.8, 4) is 5.75 Å². The van der Waals surface area contributed by atoms with Crippen LogP contribution in [0.5, 0.6) is 5.75 Å². The number of rotatable bonds is 5. The van der Waals surface area contributed by atoms with E-state index in [-0.39, 0.29) is 5.56 Å². The lowest BCUT2D eigenvalue weighted by Gasteiger charge is -2.29. The van der Waals surface area contributed by atoms with Gasteiger partial charge in [0.2, 0.25) is 0 Å². The number of fused-ring (bicyclic) bond motifs is 2. The van der Waals surface area contributed by atoms with Crippen molar-refractivity contribution < 1.29 is 4.74 Å². The molecule has 7 nitrogen and oxygen atoms in total. The molecule has 7 heteroatoms. The smallest absolute Gasteiger partial charge is 0.264 e. The van der Waals surface area contributed by atoms with Crippen molar-refractivity contribution in [3.63, 3.8) is 0 Å². The SMILES string of the molecule is CCCn1ncc2c(=O)n3c(nc21)CN(Cc1cccc(OC)c1)CC3. The molecule has 26 heavy (non-hydrogen) atoms. The van der Waals surface area contributed by atoms with Crippen LogP contribution < -0.4 is 10.3 Å². The molecule has 4 rings (SSSR count). The van der Waals surface area contributed by atoms with Gasteiger partial charge >= 0.3 is 0 Å². The summed E-state index contributed by atoms with van der Waals surface area (Å²) in [6.45, 7) is 5.79. The summed E-state index contributed by atoms with van der Waals surface area (Å²) in [7, 11) is 1.68. The predicted octanol–water partition coefficient (Wildman–Crippen LogP) is 2.03. The number of methoxy groups -OCH3 is 1. The summed E-state index contributed by atoms with van der Waals surface area (Å²) in [6.07, 6.45) is 2.61. The summed E-state index contributed by atoms with van der Waals surface area (Å²) in [5, 5.41) is 4.95. The fourth-order valence-corrected chi connectivity index (χ4v) is 3.50. The van der Waals surface area contributed by atoms with Gasteiger partial charge in [0.1, 0.15) is 17.0 Å². The Morgan fingerprint density at radius 1 is 1.27 bits per heavy atom. The van der Waals surface area contributed by atoms with E-state index in [0.717, 1.165) is 37.6 Å². The van der Waals surface area contributed by atoms with E-state index in [1.165, 1.54) is 5.56 Å². The Morgan fingerprint density at radius 2 is 2.15 bits per heavy atom. The summed E-state index contributed by atoms with van der Waals surface area (Å²) in [4.78, 5) is 19.9. The third-order valence-electron chi connectivity index (χ3n) is 4.81. The van der Waals surface area contributed by atoms with Gasteiger partial charge in [0.15, 0.2) is 5.65 Å². The van der Waals surface area contributed by atoms with Gasteiger partial charge in [-0.15, -0.1) is 0 Å². The van der Waals surface area contributed by atoms with Gasteiger partial charge in [0, 0.05) is 26.2 Å². The second-order valence-electron chi connectivity index (χ2n) is 6.65. The lowest BCUT2D eigenvalue weighted by molar-refractivity contribution is 0.204. The van der Waals surface area contributed by atoms with Crippen LogP contribution in [0.2, 0.25) is 0 Å². The molecule has 0 spiro atoms. The molecular formula is C19H23N5O2. The Hall–Kier alpha value is -2.67. The van der Waals surface area contributed by atoms with E-state index in [9.17, 15) is 4.79 Å². The summed E-state index contributed by atoms with van der Waals surface area (Å²) in [6, 6.07) is 8.09. The molecular weight excluding hydrogens is 330 g/mol. The fraction of sp³-hybridized carbons (Fsp3) is 0.421. The van der Waals surface area contributed by atoms with Crippen LogP contribution >= 0.6 is 0 Å². The summed E-state index contributed by atoms with van der Waals surface area (Å²) in [5.74, 6) is 1.67. The number of aryl methyl sites for hydroxylation is 1. The number of hydrogen-bond acceptors (Lipinski definition) is 5. The van der Waals surface area contributed by atoms with Crippen molar-refractivity contribution >= 4 is 11.0 Å². The van der Waals surface area contributed by atoms with Crippen LogP contribution in [0.4, 0.5) is 0 Å². The molecule has 1 aliphatic heterocycles. The predicted molar refractivity (Wildman–Crippen MR) is 99.2 cm³/mol. The molecule has 3 aromatic rings. The maximum absolute atomic E-state index is 12.8. The molecule has 0 fully saturated rings. The van der Waals surface area contributed by atoms with Gasteiger partial charge in [-0.05, 0) is 24.1 Å². The Kier molecular flexibility index (Phi) is 4.46. The molecule has 0 bridgehead atoms. The van der Waals surface area contributed by atoms with E-state index in [1.54, 1.807) is 17.9 Å². The van der Waals surface area contributed by atoms with E-state index in [0.29, 0.717) is 24.1 Å². The van der Waals surface area contributed by atoms with Crippen LogP contribution in [-0.2, 0) is 26.2 Å². The Bertz CT molecular complexity index is 991. The van der Waals surface area contributed by atoms with Crippen molar-refractivity contribution in [2.45, 2.75) is 39.5 Å². The molecule has 1 aliphatic rings. The second kappa shape index (κ2) is 6.92. The normalized spacial score (nSPS) is 14.5. The van der Waals surface area contributed by atoms with Crippen molar-refractivity contribution in [1.29, 1.82) is 0 Å². The summed E-state index contributed by atoms with van der Waals surface area (Å²) >= 11 is 0. The van der Waals surface area contributed by atoms with Gasteiger partial charge < -0.3 is 4.74 Å². The van der Waals surface area contributed by atoms with Gasteiger partial charge in [-0.25, -0.2) is 9.67 Å². The van der Waals surface area contributed by atoms with Crippen LogP contribution in [0.1, 0.15) is 24.7 Å². The zero-order valence-corrected chi connectivity index (χ0v) is 15.2. The van der Waals surface area contributed by atoms with Gasteiger partial charge in [-0.3, -0.25) is 14.3 Å². The highest BCUT2D eigenvalue weighted by molar-refractivity contribution is 5.73. The molecule has 1 aromatic carbocycles. The first-order chi connectivity index (χ1) is 12.7. The molecule has 0 unspecified atom stereocenters. The van der Waals surface area contributed by atoms with Gasteiger partial charge in [0.25, 0.3) is 5.56 Å². The van der Waals surface area contributed by atoms with Gasteiger partial charge in [-0.1, -0.05) is 19.1 Å². The average Bonchev–Trinajstić information content (AvgIpc) is 3.05. The maximum atomic E-state index is 12.8. The van der Waals surface area contributed by atoms with Crippen molar-refractivity contribution in [1.82, 2.24) is 24.2 Å². The van der Waals surface area contributed by atoms with Gasteiger partial charge in [0.05, 0.1) is 19.9 Å². The van der Waals surface area contributed by atoms with Crippen molar-refractivity contribution in [2.75, 3.05) is 13.7 Å². The van der Waals surface area contributed by atoms with Crippen LogP contribution in [0.3, 0.4) is 0 Å². The Balaban J connectivity index is 1.63.